The van der Waals surface area contributed by atoms with Crippen LogP contribution in [0.5, 0.6) is 5.75 Å². The Morgan fingerprint density at radius 2 is 1.77 bits per heavy atom. The average Bonchev–Trinajstić information content (AvgIpc) is 3.32. The summed E-state index contributed by atoms with van der Waals surface area (Å²) in [6.07, 6.45) is 5.91. The molecule has 5 rings (SSSR count). The van der Waals surface area contributed by atoms with Crippen LogP contribution in [0.25, 0.3) is 11.0 Å². The van der Waals surface area contributed by atoms with E-state index in [1.54, 1.807) is 41.3 Å². The van der Waals surface area contributed by atoms with E-state index in [1.807, 2.05) is 41.9 Å². The molecule has 1 fully saturated rings. The third-order valence-electron chi connectivity index (χ3n) is 7.47. The summed E-state index contributed by atoms with van der Waals surface area (Å²) in [4.78, 5) is 32.7. The molecular formula is C31H31N5O3. The Morgan fingerprint density at radius 3 is 2.46 bits per heavy atom. The molecule has 1 saturated carbocycles. The first kappa shape index (κ1) is 26.0. The van der Waals surface area contributed by atoms with E-state index < -0.39 is 0 Å². The van der Waals surface area contributed by atoms with Gasteiger partial charge in [0.15, 0.2) is 0 Å². The van der Waals surface area contributed by atoms with E-state index in [-0.39, 0.29) is 23.5 Å². The van der Waals surface area contributed by atoms with Crippen molar-refractivity contribution < 1.29 is 14.7 Å². The van der Waals surface area contributed by atoms with Crippen LogP contribution >= 0.6 is 0 Å². The van der Waals surface area contributed by atoms with Crippen molar-refractivity contribution in [3.05, 3.63) is 83.4 Å². The summed E-state index contributed by atoms with van der Waals surface area (Å²) < 4.78 is 1.95. The lowest BCUT2D eigenvalue weighted by atomic mass is 9.88. The normalized spacial score (nSPS) is 13.6. The third-order valence-corrected chi connectivity index (χ3v) is 7.47. The van der Waals surface area contributed by atoms with Crippen molar-refractivity contribution in [3.8, 4) is 11.8 Å². The molecule has 198 valence electrons. The van der Waals surface area contributed by atoms with Gasteiger partial charge in [-0.2, -0.15) is 5.26 Å². The van der Waals surface area contributed by atoms with Crippen LogP contribution in [0.3, 0.4) is 0 Å². The van der Waals surface area contributed by atoms with Crippen LogP contribution in [0.4, 0.5) is 11.6 Å². The van der Waals surface area contributed by atoms with Gasteiger partial charge in [-0.1, -0.05) is 31.4 Å². The molecule has 8 heteroatoms. The largest absolute Gasteiger partial charge is 0.508 e. The number of fused-ring (bicyclic) bond motifs is 1. The number of aromatic hydroxyl groups is 1. The number of nitriles is 1. The van der Waals surface area contributed by atoms with E-state index in [0.717, 1.165) is 42.5 Å². The van der Waals surface area contributed by atoms with Gasteiger partial charge in [-0.15, -0.1) is 0 Å². The second-order valence-corrected chi connectivity index (χ2v) is 10.1. The third kappa shape index (κ3) is 5.78. The molecule has 0 saturated heterocycles. The highest BCUT2D eigenvalue weighted by molar-refractivity contribution is 6.04. The van der Waals surface area contributed by atoms with Gasteiger partial charge < -0.3 is 14.6 Å². The zero-order valence-electron chi connectivity index (χ0n) is 21.9. The van der Waals surface area contributed by atoms with E-state index >= 15 is 0 Å². The smallest absolute Gasteiger partial charge is 0.257 e. The second kappa shape index (κ2) is 11.4. The molecule has 0 spiro atoms. The highest BCUT2D eigenvalue weighted by atomic mass is 16.3. The average molecular weight is 522 g/mol. The molecule has 4 aromatic rings. The van der Waals surface area contributed by atoms with Gasteiger partial charge in [0.1, 0.15) is 5.75 Å². The number of nitrogens with zero attached hydrogens (tertiary/aromatic N) is 4. The second-order valence-electron chi connectivity index (χ2n) is 10.1. The van der Waals surface area contributed by atoms with Gasteiger partial charge >= 0.3 is 0 Å². The summed E-state index contributed by atoms with van der Waals surface area (Å²) in [6, 6.07) is 21.3. The number of carbonyl (C=O) groups is 2. The Labute approximate surface area is 227 Å². The molecule has 1 aliphatic rings. The minimum Gasteiger partial charge on any atom is -0.508 e. The van der Waals surface area contributed by atoms with Crippen LogP contribution in [-0.4, -0.2) is 33.5 Å². The van der Waals surface area contributed by atoms with Gasteiger partial charge in [0.2, 0.25) is 11.9 Å². The first-order chi connectivity index (χ1) is 18.9. The van der Waals surface area contributed by atoms with Gasteiger partial charge in [0, 0.05) is 30.8 Å². The first-order valence-electron chi connectivity index (χ1n) is 13.3. The summed E-state index contributed by atoms with van der Waals surface area (Å²) in [5.41, 5.74) is 4.22. The number of imidazole rings is 1. The number of phenols is 1. The van der Waals surface area contributed by atoms with Crippen LogP contribution in [0, 0.1) is 17.2 Å². The SMILES string of the molecule is CN(C(=O)C1CCCCC1)c1ccc2c(c1)nc(NC(=O)c1ccc(C#N)cc1)n2CCc1ccc(O)cc1. The lowest BCUT2D eigenvalue weighted by Gasteiger charge is -2.26. The lowest BCUT2D eigenvalue weighted by molar-refractivity contribution is -0.123. The van der Waals surface area contributed by atoms with Gasteiger partial charge in [-0.3, -0.25) is 14.9 Å². The summed E-state index contributed by atoms with van der Waals surface area (Å²) in [7, 11) is 1.81. The van der Waals surface area contributed by atoms with Crippen molar-refractivity contribution in [2.75, 3.05) is 17.3 Å². The Balaban J connectivity index is 1.44. The van der Waals surface area contributed by atoms with Gasteiger partial charge in [-0.05, 0) is 79.4 Å². The minimum absolute atomic E-state index is 0.0598. The van der Waals surface area contributed by atoms with Crippen LogP contribution in [0.15, 0.2) is 66.7 Å². The van der Waals surface area contributed by atoms with Crippen LogP contribution in [-0.2, 0) is 17.8 Å². The quantitative estimate of drug-likeness (QED) is 0.326. The molecule has 39 heavy (non-hydrogen) atoms. The number of nitrogens with one attached hydrogen (secondary N) is 1. The Bertz CT molecular complexity index is 1530. The van der Waals surface area contributed by atoms with E-state index in [0.29, 0.717) is 35.6 Å². The van der Waals surface area contributed by atoms with Crippen molar-refractivity contribution in [1.29, 1.82) is 5.26 Å². The topological polar surface area (TPSA) is 111 Å². The van der Waals surface area contributed by atoms with Crippen LogP contribution in [0.2, 0.25) is 0 Å². The highest BCUT2D eigenvalue weighted by Crippen LogP contribution is 2.30. The summed E-state index contributed by atoms with van der Waals surface area (Å²) >= 11 is 0. The molecule has 2 amide bonds. The molecule has 1 heterocycles. The number of rotatable bonds is 7. The fourth-order valence-corrected chi connectivity index (χ4v) is 5.17. The summed E-state index contributed by atoms with van der Waals surface area (Å²) in [5, 5.41) is 21.6. The number of anilines is 2. The number of benzene rings is 3. The predicted octanol–water partition coefficient (Wildman–Crippen LogP) is 5.65. The molecular weight excluding hydrogens is 490 g/mol. The molecule has 0 unspecified atom stereocenters. The molecule has 3 aromatic carbocycles. The predicted molar refractivity (Wildman–Crippen MR) is 151 cm³/mol. The lowest BCUT2D eigenvalue weighted by Crippen LogP contribution is -2.33. The molecule has 1 aliphatic carbocycles. The zero-order chi connectivity index (χ0) is 27.4. The van der Waals surface area contributed by atoms with E-state index in [9.17, 15) is 14.7 Å². The van der Waals surface area contributed by atoms with Crippen molar-refractivity contribution in [3.63, 3.8) is 0 Å². The Hall–Kier alpha value is -4.64. The number of hydrogen-bond acceptors (Lipinski definition) is 5. The molecule has 0 bridgehead atoms. The molecule has 0 radical (unpaired) electrons. The molecule has 1 aromatic heterocycles. The Kier molecular flexibility index (Phi) is 7.60. The molecule has 0 aliphatic heterocycles. The number of phenolic OH excluding ortho intramolecular Hbond substituents is 1. The van der Waals surface area contributed by atoms with Gasteiger partial charge in [-0.25, -0.2) is 4.98 Å². The minimum atomic E-state index is -0.328. The summed E-state index contributed by atoms with van der Waals surface area (Å²) in [5.74, 6) is 0.475. The molecule has 0 atom stereocenters. The fraction of sp³-hybridized carbons (Fsp3) is 0.290. The number of amides is 2. The number of carbonyl (C=O) groups excluding carboxylic acids is 2. The molecule has 2 N–H and O–H groups in total. The number of aromatic nitrogens is 2. The van der Waals surface area contributed by atoms with Crippen molar-refractivity contribution in [2.24, 2.45) is 5.92 Å². The number of aryl methyl sites for hydroxylation is 2. The van der Waals surface area contributed by atoms with E-state index in [2.05, 4.69) is 11.4 Å². The first-order valence-corrected chi connectivity index (χ1v) is 13.3. The summed E-state index contributed by atoms with van der Waals surface area (Å²) in [6.45, 7) is 0.542. The van der Waals surface area contributed by atoms with E-state index in [1.165, 1.54) is 6.42 Å². The van der Waals surface area contributed by atoms with Crippen molar-refractivity contribution in [1.82, 2.24) is 9.55 Å². The maximum Gasteiger partial charge on any atom is 0.257 e. The maximum absolute atomic E-state index is 13.1. The monoisotopic (exact) mass is 521 g/mol. The van der Waals surface area contributed by atoms with Crippen molar-refractivity contribution in [2.45, 2.75) is 45.1 Å². The van der Waals surface area contributed by atoms with Crippen LogP contribution < -0.4 is 10.2 Å². The fourth-order valence-electron chi connectivity index (χ4n) is 5.17. The van der Waals surface area contributed by atoms with Crippen molar-refractivity contribution >= 4 is 34.5 Å². The maximum atomic E-state index is 13.1. The highest BCUT2D eigenvalue weighted by Gasteiger charge is 2.25. The molecule has 8 nitrogen and oxygen atoms in total. The Morgan fingerprint density at radius 1 is 1.05 bits per heavy atom. The van der Waals surface area contributed by atoms with Gasteiger partial charge in [0.05, 0.1) is 22.7 Å². The van der Waals surface area contributed by atoms with E-state index in [4.69, 9.17) is 10.2 Å². The zero-order valence-corrected chi connectivity index (χ0v) is 21.9. The van der Waals surface area contributed by atoms with Gasteiger partial charge in [0.25, 0.3) is 5.91 Å². The van der Waals surface area contributed by atoms with Crippen LogP contribution in [0.1, 0.15) is 53.6 Å². The number of hydrogen-bond donors (Lipinski definition) is 2. The standard InChI is InChI=1S/C31H31N5O3/c1-35(30(39)24-5-3-2-4-6-24)25-13-16-28-27(19-25)33-31(34-29(38)23-11-7-22(20-32)8-12-23)36(28)18-17-21-9-14-26(37)15-10-21/h7-16,19,24,37H,2-6,17-18H2,1H3,(H,33,34,38).